The molecule has 0 unspecified atom stereocenters. The number of rotatable bonds is 5. The minimum atomic E-state index is -0.528. The van der Waals surface area contributed by atoms with Crippen LogP contribution in [0.4, 0.5) is 5.13 Å². The van der Waals surface area contributed by atoms with E-state index in [1.54, 1.807) is 0 Å². The first-order chi connectivity index (χ1) is 8.81. The first-order valence-corrected chi connectivity index (χ1v) is 6.63. The van der Waals surface area contributed by atoms with Crippen molar-refractivity contribution in [3.8, 4) is 0 Å². The summed E-state index contributed by atoms with van der Waals surface area (Å²) in [5, 5.41) is 3.52. The van der Waals surface area contributed by atoms with Crippen molar-refractivity contribution in [3.63, 3.8) is 0 Å². The van der Waals surface area contributed by atoms with Gasteiger partial charge in [-0.1, -0.05) is 11.3 Å². The van der Waals surface area contributed by atoms with Crippen LogP contribution in [0.1, 0.15) is 36.9 Å². The van der Waals surface area contributed by atoms with Gasteiger partial charge in [0.1, 0.15) is 10.5 Å². The summed E-state index contributed by atoms with van der Waals surface area (Å²) in [7, 11) is 1.34. The van der Waals surface area contributed by atoms with E-state index in [9.17, 15) is 9.59 Å². The Morgan fingerprint density at radius 2 is 2.11 bits per heavy atom. The zero-order chi connectivity index (χ0) is 14.5. The molecule has 0 aliphatic heterocycles. The summed E-state index contributed by atoms with van der Waals surface area (Å²) in [6.07, 6.45) is 1.71. The van der Waals surface area contributed by atoms with Crippen LogP contribution < -0.4 is 5.32 Å². The Bertz CT molecular complexity index is 451. The fourth-order valence-electron chi connectivity index (χ4n) is 1.15. The molecule has 0 aliphatic rings. The average molecular weight is 286 g/mol. The predicted molar refractivity (Wildman–Crippen MR) is 72.4 cm³/mol. The topological polar surface area (TPSA) is 77.5 Å². The molecule has 0 saturated carbocycles. The largest absolute Gasteiger partial charge is 0.469 e. The lowest BCUT2D eigenvalue weighted by molar-refractivity contribution is -0.140. The van der Waals surface area contributed by atoms with Gasteiger partial charge in [-0.2, -0.15) is 0 Å². The number of nitrogens with zero attached hydrogens (tertiary/aromatic N) is 1. The number of carbonyl (C=O) groups is 2. The maximum Gasteiger partial charge on any atom is 0.350 e. The second kappa shape index (κ2) is 6.51. The van der Waals surface area contributed by atoms with Crippen LogP contribution in [0.2, 0.25) is 0 Å². The lowest BCUT2D eigenvalue weighted by Gasteiger charge is -2.18. The molecule has 0 fully saturated rings. The smallest absolute Gasteiger partial charge is 0.350 e. The van der Waals surface area contributed by atoms with Gasteiger partial charge < -0.3 is 14.8 Å². The molecule has 0 atom stereocenters. The summed E-state index contributed by atoms with van der Waals surface area (Å²) >= 11 is 1.19. The van der Waals surface area contributed by atoms with Gasteiger partial charge in [0.05, 0.1) is 19.7 Å². The zero-order valence-corrected chi connectivity index (χ0v) is 12.3. The van der Waals surface area contributed by atoms with E-state index in [1.165, 1.54) is 24.6 Å². The van der Waals surface area contributed by atoms with E-state index in [2.05, 4.69) is 15.0 Å². The van der Waals surface area contributed by atoms with Crippen molar-refractivity contribution >= 4 is 28.4 Å². The molecule has 1 heterocycles. The van der Waals surface area contributed by atoms with Crippen LogP contribution in [0.3, 0.4) is 0 Å². The normalized spacial score (nSPS) is 10.9. The minimum absolute atomic E-state index is 0.248. The van der Waals surface area contributed by atoms with Gasteiger partial charge >= 0.3 is 11.9 Å². The highest BCUT2D eigenvalue weighted by Gasteiger charge is 2.19. The van der Waals surface area contributed by atoms with Crippen LogP contribution in [-0.2, 0) is 14.3 Å². The molecule has 19 heavy (non-hydrogen) atoms. The van der Waals surface area contributed by atoms with E-state index in [0.29, 0.717) is 16.6 Å². The van der Waals surface area contributed by atoms with Crippen molar-refractivity contribution in [3.05, 3.63) is 11.1 Å². The third kappa shape index (κ3) is 5.69. The van der Waals surface area contributed by atoms with E-state index >= 15 is 0 Å². The number of hydrogen-bond acceptors (Lipinski definition) is 7. The molecule has 1 rings (SSSR count). The van der Waals surface area contributed by atoms with Gasteiger partial charge in [-0.05, 0) is 20.8 Å². The molecule has 0 aliphatic carbocycles. The number of carbonyl (C=O) groups excluding carboxylic acids is 2. The summed E-state index contributed by atoms with van der Waals surface area (Å²) < 4.78 is 9.74. The maximum absolute atomic E-state index is 11.7. The third-order valence-corrected chi connectivity index (χ3v) is 2.87. The molecule has 7 heteroatoms. The molecule has 0 saturated heterocycles. The zero-order valence-electron chi connectivity index (χ0n) is 11.5. The molecule has 0 radical (unpaired) electrons. The van der Waals surface area contributed by atoms with Crippen molar-refractivity contribution < 1.29 is 19.1 Å². The first kappa shape index (κ1) is 15.4. The second-order valence-corrected chi connectivity index (χ2v) is 5.82. The Morgan fingerprint density at radius 1 is 1.42 bits per heavy atom. The van der Waals surface area contributed by atoms with E-state index in [-0.39, 0.29) is 12.4 Å². The number of aromatic nitrogens is 1. The summed E-state index contributed by atoms with van der Waals surface area (Å²) in [6.45, 7) is 5.83. The van der Waals surface area contributed by atoms with Gasteiger partial charge in [0.25, 0.3) is 0 Å². The highest BCUT2D eigenvalue weighted by Crippen LogP contribution is 2.21. The van der Waals surface area contributed by atoms with Gasteiger partial charge in [0, 0.05) is 6.54 Å². The van der Waals surface area contributed by atoms with Gasteiger partial charge in [0.15, 0.2) is 5.13 Å². The van der Waals surface area contributed by atoms with Gasteiger partial charge in [-0.3, -0.25) is 4.79 Å². The van der Waals surface area contributed by atoms with Crippen LogP contribution in [0, 0.1) is 0 Å². The highest BCUT2D eigenvalue weighted by molar-refractivity contribution is 7.17. The summed E-state index contributed by atoms with van der Waals surface area (Å²) in [6, 6.07) is 0. The minimum Gasteiger partial charge on any atom is -0.469 e. The fourth-order valence-corrected chi connectivity index (χ4v) is 1.87. The maximum atomic E-state index is 11.7. The molecule has 1 N–H and O–H groups in total. The Labute approximate surface area is 116 Å². The van der Waals surface area contributed by atoms with Crippen LogP contribution in [0.25, 0.3) is 0 Å². The quantitative estimate of drug-likeness (QED) is 0.835. The van der Waals surface area contributed by atoms with Crippen molar-refractivity contribution in [1.29, 1.82) is 0 Å². The Morgan fingerprint density at radius 3 is 2.68 bits per heavy atom. The second-order valence-electron chi connectivity index (χ2n) is 4.78. The molecule has 0 aromatic carbocycles. The standard InChI is InChI=1S/C12H18N2O4S/c1-12(2,3)18-10(16)8-7-14-11(19-8)13-6-5-9(15)17-4/h7H,5-6H2,1-4H3,(H,13,14). The van der Waals surface area contributed by atoms with Gasteiger partial charge in [-0.15, -0.1) is 0 Å². The summed E-state index contributed by atoms with van der Waals surface area (Å²) in [4.78, 5) is 27.1. The molecule has 0 amide bonds. The number of thiazole rings is 1. The highest BCUT2D eigenvalue weighted by atomic mass is 32.1. The van der Waals surface area contributed by atoms with E-state index in [1.807, 2.05) is 20.8 Å². The van der Waals surface area contributed by atoms with Crippen molar-refractivity contribution in [1.82, 2.24) is 4.98 Å². The van der Waals surface area contributed by atoms with Crippen molar-refractivity contribution in [2.24, 2.45) is 0 Å². The Balaban J connectivity index is 2.48. The van der Waals surface area contributed by atoms with E-state index < -0.39 is 11.6 Å². The van der Waals surface area contributed by atoms with Crippen LogP contribution in [-0.4, -0.2) is 36.2 Å². The molecule has 106 valence electrons. The van der Waals surface area contributed by atoms with Crippen LogP contribution >= 0.6 is 11.3 Å². The van der Waals surface area contributed by atoms with Crippen LogP contribution in [0.15, 0.2) is 6.20 Å². The average Bonchev–Trinajstić information content (AvgIpc) is 2.75. The molecule has 0 bridgehead atoms. The molecule has 0 spiro atoms. The fraction of sp³-hybridized carbons (Fsp3) is 0.583. The summed E-state index contributed by atoms with van der Waals surface area (Å²) in [5.74, 6) is -0.692. The number of anilines is 1. The first-order valence-electron chi connectivity index (χ1n) is 5.81. The monoisotopic (exact) mass is 286 g/mol. The van der Waals surface area contributed by atoms with Crippen molar-refractivity contribution in [2.45, 2.75) is 32.8 Å². The SMILES string of the molecule is COC(=O)CCNc1ncc(C(=O)OC(C)(C)C)s1. The molecule has 1 aromatic heterocycles. The predicted octanol–water partition coefficient (Wildman–Crippen LogP) is 2.07. The Hall–Kier alpha value is -1.63. The van der Waals surface area contributed by atoms with Crippen molar-refractivity contribution in [2.75, 3.05) is 19.0 Å². The number of hydrogen-bond donors (Lipinski definition) is 1. The van der Waals surface area contributed by atoms with Gasteiger partial charge in [-0.25, -0.2) is 9.78 Å². The molecule has 6 nitrogen and oxygen atoms in total. The number of nitrogens with one attached hydrogen (secondary N) is 1. The lowest BCUT2D eigenvalue weighted by atomic mass is 10.2. The van der Waals surface area contributed by atoms with Crippen LogP contribution in [0.5, 0.6) is 0 Å². The number of ether oxygens (including phenoxy) is 2. The molecular weight excluding hydrogens is 268 g/mol. The molecule has 1 aromatic rings. The third-order valence-electron chi connectivity index (χ3n) is 1.94. The number of esters is 2. The van der Waals surface area contributed by atoms with E-state index in [4.69, 9.17) is 4.74 Å². The molecular formula is C12H18N2O4S. The lowest BCUT2D eigenvalue weighted by Crippen LogP contribution is -2.23. The van der Waals surface area contributed by atoms with Gasteiger partial charge in [0.2, 0.25) is 0 Å². The Kier molecular flexibility index (Phi) is 5.29. The summed E-state index contributed by atoms with van der Waals surface area (Å²) in [5.41, 5.74) is -0.528. The van der Waals surface area contributed by atoms with E-state index in [0.717, 1.165) is 0 Å². The number of methoxy groups -OCH3 is 1.